The molecule has 0 spiro atoms. The van der Waals surface area contributed by atoms with E-state index in [2.05, 4.69) is 6.07 Å². The first kappa shape index (κ1) is 9.24. The molecule has 1 atom stereocenters. The summed E-state index contributed by atoms with van der Waals surface area (Å²) in [7, 11) is 0. The first-order valence-electron chi connectivity index (χ1n) is 3.84. The van der Waals surface area contributed by atoms with E-state index in [1.807, 2.05) is 25.3 Å². The molecule has 0 aliphatic heterocycles. The number of nitrogens with zero attached hydrogens (tertiary/aromatic N) is 1. The number of aryl methyl sites for hydroxylation is 1. The summed E-state index contributed by atoms with van der Waals surface area (Å²) >= 11 is 1.64. The average Bonchev–Trinajstić information content (AvgIpc) is 2.47. The predicted molar refractivity (Wildman–Crippen MR) is 49.0 cm³/mol. The van der Waals surface area contributed by atoms with Crippen molar-refractivity contribution >= 4 is 11.3 Å². The summed E-state index contributed by atoms with van der Waals surface area (Å²) < 4.78 is 5.26. The largest absolute Gasteiger partial charge is 0.359 e. The quantitative estimate of drug-likeness (QED) is 0.718. The third-order valence-electron chi connectivity index (χ3n) is 1.63. The minimum Gasteiger partial charge on any atom is -0.359 e. The zero-order valence-electron chi connectivity index (χ0n) is 7.20. The van der Waals surface area contributed by atoms with Crippen LogP contribution in [0.25, 0.3) is 0 Å². The molecular weight excluding hydrogens is 170 g/mol. The Kier molecular flexibility index (Phi) is 3.27. The molecule has 1 aromatic heterocycles. The molecule has 0 bridgehead atoms. The van der Waals surface area contributed by atoms with Crippen LogP contribution in [0.2, 0.25) is 0 Å². The van der Waals surface area contributed by atoms with Crippen LogP contribution < -0.4 is 0 Å². The van der Waals surface area contributed by atoms with Crippen molar-refractivity contribution in [1.29, 1.82) is 5.26 Å². The van der Waals surface area contributed by atoms with E-state index in [0.29, 0.717) is 6.61 Å². The lowest BCUT2D eigenvalue weighted by Crippen LogP contribution is -2.01. The molecule has 64 valence electrons. The van der Waals surface area contributed by atoms with Crippen molar-refractivity contribution in [2.24, 2.45) is 0 Å². The zero-order valence-corrected chi connectivity index (χ0v) is 8.02. The van der Waals surface area contributed by atoms with Gasteiger partial charge in [0.1, 0.15) is 0 Å². The van der Waals surface area contributed by atoms with Gasteiger partial charge in [0.05, 0.1) is 6.07 Å². The van der Waals surface area contributed by atoms with Crippen molar-refractivity contribution < 1.29 is 4.74 Å². The van der Waals surface area contributed by atoms with Crippen molar-refractivity contribution in [2.75, 3.05) is 6.61 Å². The van der Waals surface area contributed by atoms with Crippen LogP contribution in [0.4, 0.5) is 0 Å². The van der Waals surface area contributed by atoms with E-state index in [4.69, 9.17) is 10.00 Å². The summed E-state index contributed by atoms with van der Waals surface area (Å²) in [5.74, 6) is 0. The molecule has 2 nitrogen and oxygen atoms in total. The molecular formula is C9H11NOS. The molecule has 0 aliphatic rings. The Balaban J connectivity index is 2.81. The lowest BCUT2D eigenvalue weighted by atomic mass is 10.2. The van der Waals surface area contributed by atoms with Gasteiger partial charge in [-0.2, -0.15) is 5.26 Å². The molecule has 1 rings (SSSR count). The maximum Gasteiger partial charge on any atom is 0.170 e. The molecule has 0 N–H and O–H groups in total. The molecule has 0 saturated heterocycles. The molecule has 3 heteroatoms. The van der Waals surface area contributed by atoms with Gasteiger partial charge in [0, 0.05) is 17.0 Å². The molecule has 1 heterocycles. The van der Waals surface area contributed by atoms with Gasteiger partial charge in [-0.1, -0.05) is 0 Å². The highest BCUT2D eigenvalue weighted by molar-refractivity contribution is 7.10. The van der Waals surface area contributed by atoms with Crippen LogP contribution in [0.1, 0.15) is 23.5 Å². The van der Waals surface area contributed by atoms with Gasteiger partial charge >= 0.3 is 0 Å². The number of hydrogen-bond acceptors (Lipinski definition) is 3. The third kappa shape index (κ3) is 1.84. The second kappa shape index (κ2) is 4.24. The Morgan fingerprint density at radius 3 is 2.92 bits per heavy atom. The molecule has 0 fully saturated rings. The first-order valence-corrected chi connectivity index (χ1v) is 4.72. The molecule has 0 radical (unpaired) electrons. The van der Waals surface area contributed by atoms with Crippen LogP contribution in [0, 0.1) is 18.3 Å². The van der Waals surface area contributed by atoms with E-state index in [1.165, 1.54) is 0 Å². The summed E-state index contributed by atoms with van der Waals surface area (Å²) in [5, 5.41) is 10.8. The second-order valence-electron chi connectivity index (χ2n) is 2.40. The van der Waals surface area contributed by atoms with Gasteiger partial charge < -0.3 is 4.74 Å². The van der Waals surface area contributed by atoms with Gasteiger partial charge in [-0.15, -0.1) is 11.3 Å². The number of thiophene rings is 1. The van der Waals surface area contributed by atoms with Crippen LogP contribution in [0.3, 0.4) is 0 Å². The molecule has 12 heavy (non-hydrogen) atoms. The summed E-state index contributed by atoms with van der Waals surface area (Å²) in [5.41, 5.74) is 1.00. The van der Waals surface area contributed by atoms with E-state index >= 15 is 0 Å². The highest BCUT2D eigenvalue weighted by atomic mass is 32.1. The molecule has 0 saturated carbocycles. The second-order valence-corrected chi connectivity index (χ2v) is 3.52. The van der Waals surface area contributed by atoms with Gasteiger partial charge in [0.2, 0.25) is 0 Å². The van der Waals surface area contributed by atoms with Gasteiger partial charge in [0.25, 0.3) is 0 Å². The van der Waals surface area contributed by atoms with Crippen molar-refractivity contribution in [1.82, 2.24) is 0 Å². The number of nitriles is 1. The lowest BCUT2D eigenvalue weighted by Gasteiger charge is -2.07. The zero-order chi connectivity index (χ0) is 8.97. The van der Waals surface area contributed by atoms with Crippen molar-refractivity contribution in [2.45, 2.75) is 20.0 Å². The lowest BCUT2D eigenvalue weighted by molar-refractivity contribution is 0.102. The van der Waals surface area contributed by atoms with Gasteiger partial charge in [0.15, 0.2) is 6.10 Å². The maximum absolute atomic E-state index is 8.78. The molecule has 0 amide bonds. The Hall–Kier alpha value is -0.850. The Morgan fingerprint density at radius 1 is 1.75 bits per heavy atom. The van der Waals surface area contributed by atoms with Crippen molar-refractivity contribution in [3.8, 4) is 6.07 Å². The van der Waals surface area contributed by atoms with Crippen LogP contribution in [-0.4, -0.2) is 6.61 Å². The fourth-order valence-electron chi connectivity index (χ4n) is 1.03. The van der Waals surface area contributed by atoms with Crippen molar-refractivity contribution in [3.63, 3.8) is 0 Å². The van der Waals surface area contributed by atoms with Crippen LogP contribution in [-0.2, 0) is 4.74 Å². The molecule has 0 aliphatic carbocycles. The number of hydrogen-bond donors (Lipinski definition) is 0. The Labute approximate surface area is 76.4 Å². The SMILES string of the molecule is CCOC(C#N)c1ccsc1C. The average molecular weight is 181 g/mol. The fraction of sp³-hybridized carbons (Fsp3) is 0.444. The predicted octanol–water partition coefficient (Wildman–Crippen LogP) is 2.66. The monoisotopic (exact) mass is 181 g/mol. The minimum atomic E-state index is -0.388. The molecule has 0 aromatic carbocycles. The third-order valence-corrected chi connectivity index (χ3v) is 2.49. The Bertz CT molecular complexity index is 287. The van der Waals surface area contributed by atoms with E-state index < -0.39 is 0 Å². The van der Waals surface area contributed by atoms with Gasteiger partial charge in [-0.05, 0) is 25.3 Å². The summed E-state index contributed by atoms with van der Waals surface area (Å²) in [4.78, 5) is 1.16. The van der Waals surface area contributed by atoms with Crippen LogP contribution in [0.5, 0.6) is 0 Å². The van der Waals surface area contributed by atoms with Crippen molar-refractivity contribution in [3.05, 3.63) is 21.9 Å². The van der Waals surface area contributed by atoms with Gasteiger partial charge in [-0.3, -0.25) is 0 Å². The van der Waals surface area contributed by atoms with E-state index in [0.717, 1.165) is 10.4 Å². The minimum absolute atomic E-state index is 0.388. The highest BCUT2D eigenvalue weighted by Crippen LogP contribution is 2.24. The highest BCUT2D eigenvalue weighted by Gasteiger charge is 2.12. The normalized spacial score (nSPS) is 12.4. The first-order chi connectivity index (χ1) is 5.79. The van der Waals surface area contributed by atoms with E-state index in [9.17, 15) is 0 Å². The smallest absolute Gasteiger partial charge is 0.170 e. The van der Waals surface area contributed by atoms with Gasteiger partial charge in [-0.25, -0.2) is 0 Å². The number of ether oxygens (including phenoxy) is 1. The standard InChI is InChI=1S/C9H11NOS/c1-3-11-9(6-10)8-4-5-12-7(8)2/h4-5,9H,3H2,1-2H3. The van der Waals surface area contributed by atoms with Crippen LogP contribution in [0.15, 0.2) is 11.4 Å². The summed E-state index contributed by atoms with van der Waals surface area (Å²) in [6, 6.07) is 4.08. The van der Waals surface area contributed by atoms with Crippen LogP contribution >= 0.6 is 11.3 Å². The molecule has 1 unspecified atom stereocenters. The fourth-order valence-corrected chi connectivity index (χ4v) is 1.76. The topological polar surface area (TPSA) is 33.0 Å². The summed E-state index contributed by atoms with van der Waals surface area (Å²) in [6.45, 7) is 4.48. The maximum atomic E-state index is 8.78. The van der Waals surface area contributed by atoms with E-state index in [-0.39, 0.29) is 6.10 Å². The molecule has 1 aromatic rings. The Morgan fingerprint density at radius 2 is 2.50 bits per heavy atom. The van der Waals surface area contributed by atoms with E-state index in [1.54, 1.807) is 11.3 Å². The number of rotatable bonds is 3. The summed E-state index contributed by atoms with van der Waals surface area (Å²) in [6.07, 6.45) is -0.388.